The lowest BCUT2D eigenvalue weighted by Crippen LogP contribution is -2.46. The van der Waals surface area contributed by atoms with Crippen LogP contribution >= 0.6 is 0 Å². The third-order valence-corrected chi connectivity index (χ3v) is 2.57. The highest BCUT2D eigenvalue weighted by atomic mass is 16.6. The monoisotopic (exact) mass is 201 g/mol. The quantitative estimate of drug-likeness (QED) is 0.529. The van der Waals surface area contributed by atoms with Crippen molar-refractivity contribution < 1.29 is 14.3 Å². The summed E-state index contributed by atoms with van der Waals surface area (Å²) in [4.78, 5) is 11.5. The molecule has 1 rings (SSSR count). The van der Waals surface area contributed by atoms with Crippen molar-refractivity contribution >= 4 is 5.97 Å². The molecule has 0 aromatic heterocycles. The molecule has 0 bridgehead atoms. The average Bonchev–Trinajstić information content (AvgIpc) is 2.61. The molecular weight excluding hydrogens is 182 g/mol. The molecule has 14 heavy (non-hydrogen) atoms. The second-order valence-corrected chi connectivity index (χ2v) is 3.70. The third kappa shape index (κ3) is 2.96. The molecule has 1 saturated carbocycles. The van der Waals surface area contributed by atoms with Gasteiger partial charge in [-0.25, -0.2) is 0 Å². The minimum atomic E-state index is -0.716. The second kappa shape index (κ2) is 5.32. The lowest BCUT2D eigenvalue weighted by atomic mass is 10.00. The van der Waals surface area contributed by atoms with Gasteiger partial charge >= 0.3 is 5.97 Å². The van der Waals surface area contributed by atoms with Crippen molar-refractivity contribution in [2.75, 3.05) is 19.8 Å². The van der Waals surface area contributed by atoms with E-state index in [9.17, 15) is 4.79 Å². The maximum atomic E-state index is 11.5. The van der Waals surface area contributed by atoms with Gasteiger partial charge < -0.3 is 15.2 Å². The Balaban J connectivity index is 2.20. The summed E-state index contributed by atoms with van der Waals surface area (Å²) in [5.41, 5.74) is 5.19. The number of hydrogen-bond acceptors (Lipinski definition) is 4. The van der Waals surface area contributed by atoms with Crippen molar-refractivity contribution in [2.45, 2.75) is 38.1 Å². The number of hydrogen-bond donors (Lipinski definition) is 1. The molecule has 0 amide bonds. The molecule has 0 radical (unpaired) electrons. The predicted molar refractivity (Wildman–Crippen MR) is 52.8 cm³/mol. The number of rotatable bonds is 5. The first-order chi connectivity index (χ1) is 6.69. The van der Waals surface area contributed by atoms with E-state index in [4.69, 9.17) is 15.2 Å². The molecular formula is C10H19NO3. The molecule has 0 unspecified atom stereocenters. The van der Waals surface area contributed by atoms with Crippen LogP contribution < -0.4 is 5.73 Å². The van der Waals surface area contributed by atoms with E-state index in [0.29, 0.717) is 19.8 Å². The molecule has 1 fully saturated rings. The summed E-state index contributed by atoms with van der Waals surface area (Å²) in [6.07, 6.45) is 3.55. The SMILES string of the molecule is CCOCCOC(=O)C1(N)CCCC1. The Labute approximate surface area is 84.7 Å². The first-order valence-electron chi connectivity index (χ1n) is 5.23. The predicted octanol–water partition coefficient (Wildman–Crippen LogP) is 0.838. The Kier molecular flexibility index (Phi) is 4.35. The Morgan fingerprint density at radius 3 is 2.57 bits per heavy atom. The van der Waals surface area contributed by atoms with Gasteiger partial charge in [0.1, 0.15) is 12.1 Å². The smallest absolute Gasteiger partial charge is 0.326 e. The average molecular weight is 201 g/mol. The van der Waals surface area contributed by atoms with E-state index in [1.165, 1.54) is 0 Å². The van der Waals surface area contributed by atoms with Gasteiger partial charge in [-0.3, -0.25) is 4.79 Å². The van der Waals surface area contributed by atoms with E-state index in [1.807, 2.05) is 6.92 Å². The van der Waals surface area contributed by atoms with Crippen molar-refractivity contribution in [3.8, 4) is 0 Å². The van der Waals surface area contributed by atoms with Gasteiger partial charge in [-0.15, -0.1) is 0 Å². The normalized spacial score (nSPS) is 19.6. The number of nitrogens with two attached hydrogens (primary N) is 1. The first-order valence-corrected chi connectivity index (χ1v) is 5.23. The zero-order valence-corrected chi connectivity index (χ0v) is 8.75. The maximum Gasteiger partial charge on any atom is 0.326 e. The fourth-order valence-electron chi connectivity index (χ4n) is 1.69. The van der Waals surface area contributed by atoms with Crippen LogP contribution in [0.2, 0.25) is 0 Å². The fourth-order valence-corrected chi connectivity index (χ4v) is 1.69. The molecule has 2 N–H and O–H groups in total. The van der Waals surface area contributed by atoms with Gasteiger partial charge in [-0.2, -0.15) is 0 Å². The van der Waals surface area contributed by atoms with Crippen LogP contribution in [0.25, 0.3) is 0 Å². The summed E-state index contributed by atoms with van der Waals surface area (Å²) in [6.45, 7) is 3.32. The van der Waals surface area contributed by atoms with Crippen molar-refractivity contribution in [2.24, 2.45) is 5.73 Å². The van der Waals surface area contributed by atoms with E-state index in [2.05, 4.69) is 0 Å². The summed E-state index contributed by atoms with van der Waals surface area (Å²) in [5, 5.41) is 0. The van der Waals surface area contributed by atoms with Gasteiger partial charge in [0.05, 0.1) is 6.61 Å². The Bertz CT molecular complexity index is 188. The summed E-state index contributed by atoms with van der Waals surface area (Å²) in [5.74, 6) is -0.269. The van der Waals surface area contributed by atoms with Crippen LogP contribution in [0, 0.1) is 0 Å². The number of carbonyl (C=O) groups excluding carboxylic acids is 1. The summed E-state index contributed by atoms with van der Waals surface area (Å²) in [6, 6.07) is 0. The van der Waals surface area contributed by atoms with Crippen LogP contribution in [0.4, 0.5) is 0 Å². The standard InChI is InChI=1S/C10H19NO3/c1-2-13-7-8-14-9(12)10(11)5-3-4-6-10/h2-8,11H2,1H3. The molecule has 0 atom stereocenters. The van der Waals surface area contributed by atoms with E-state index in [0.717, 1.165) is 25.7 Å². The molecule has 0 aromatic carbocycles. The van der Waals surface area contributed by atoms with Crippen molar-refractivity contribution in [3.63, 3.8) is 0 Å². The molecule has 4 nitrogen and oxygen atoms in total. The second-order valence-electron chi connectivity index (χ2n) is 3.70. The minimum absolute atomic E-state index is 0.269. The lowest BCUT2D eigenvalue weighted by Gasteiger charge is -2.20. The van der Waals surface area contributed by atoms with Gasteiger partial charge in [0.2, 0.25) is 0 Å². The number of ether oxygens (including phenoxy) is 2. The molecule has 1 aliphatic carbocycles. The molecule has 4 heteroatoms. The zero-order chi connectivity index (χ0) is 10.4. The highest BCUT2D eigenvalue weighted by molar-refractivity contribution is 5.80. The molecule has 0 heterocycles. The number of carbonyl (C=O) groups is 1. The van der Waals surface area contributed by atoms with E-state index >= 15 is 0 Å². The van der Waals surface area contributed by atoms with Crippen molar-refractivity contribution in [1.29, 1.82) is 0 Å². The first kappa shape index (κ1) is 11.5. The molecule has 1 aliphatic rings. The van der Waals surface area contributed by atoms with Crippen LogP contribution in [0.5, 0.6) is 0 Å². The van der Waals surface area contributed by atoms with Crippen LogP contribution in [0.15, 0.2) is 0 Å². The van der Waals surface area contributed by atoms with Gasteiger partial charge in [-0.1, -0.05) is 12.8 Å². The van der Waals surface area contributed by atoms with Crippen LogP contribution in [0.1, 0.15) is 32.6 Å². The van der Waals surface area contributed by atoms with Gasteiger partial charge in [0.25, 0.3) is 0 Å². The topological polar surface area (TPSA) is 61.5 Å². The van der Waals surface area contributed by atoms with Gasteiger partial charge in [0.15, 0.2) is 0 Å². The van der Waals surface area contributed by atoms with E-state index in [-0.39, 0.29) is 5.97 Å². The summed E-state index contributed by atoms with van der Waals surface area (Å²) >= 11 is 0. The fraction of sp³-hybridized carbons (Fsp3) is 0.900. The van der Waals surface area contributed by atoms with E-state index in [1.54, 1.807) is 0 Å². The minimum Gasteiger partial charge on any atom is -0.462 e. The molecule has 0 saturated heterocycles. The molecule has 0 spiro atoms. The Morgan fingerprint density at radius 2 is 2.00 bits per heavy atom. The summed E-state index contributed by atoms with van der Waals surface area (Å²) in [7, 11) is 0. The lowest BCUT2D eigenvalue weighted by molar-refractivity contribution is -0.151. The van der Waals surface area contributed by atoms with Crippen LogP contribution in [0.3, 0.4) is 0 Å². The van der Waals surface area contributed by atoms with Crippen LogP contribution in [-0.4, -0.2) is 31.3 Å². The molecule has 82 valence electrons. The van der Waals surface area contributed by atoms with Crippen molar-refractivity contribution in [3.05, 3.63) is 0 Å². The third-order valence-electron chi connectivity index (χ3n) is 2.57. The molecule has 0 aliphatic heterocycles. The van der Waals surface area contributed by atoms with Gasteiger partial charge in [-0.05, 0) is 19.8 Å². The summed E-state index contributed by atoms with van der Waals surface area (Å²) < 4.78 is 10.1. The molecule has 0 aromatic rings. The Morgan fingerprint density at radius 1 is 1.36 bits per heavy atom. The Hall–Kier alpha value is -0.610. The van der Waals surface area contributed by atoms with Crippen LogP contribution in [-0.2, 0) is 14.3 Å². The number of esters is 1. The maximum absolute atomic E-state index is 11.5. The zero-order valence-electron chi connectivity index (χ0n) is 8.75. The highest BCUT2D eigenvalue weighted by Crippen LogP contribution is 2.28. The largest absolute Gasteiger partial charge is 0.462 e. The van der Waals surface area contributed by atoms with E-state index < -0.39 is 5.54 Å². The highest BCUT2D eigenvalue weighted by Gasteiger charge is 2.38. The van der Waals surface area contributed by atoms with Crippen molar-refractivity contribution in [1.82, 2.24) is 0 Å². The van der Waals surface area contributed by atoms with Gasteiger partial charge in [0, 0.05) is 6.61 Å².